The molecule has 3 unspecified atom stereocenters. The van der Waals surface area contributed by atoms with Gasteiger partial charge in [0, 0.05) is 36.3 Å². The number of amides is 2. The van der Waals surface area contributed by atoms with Crippen molar-refractivity contribution in [2.24, 2.45) is 0 Å². The molecule has 1 fully saturated rings. The van der Waals surface area contributed by atoms with E-state index in [2.05, 4.69) is 15.5 Å². The maximum Gasteiger partial charge on any atom is 0.243 e. The number of anilines is 1. The molecular weight excluding hydrogens is 564 g/mol. The lowest BCUT2D eigenvalue weighted by atomic mass is 10.0. The molecule has 0 radical (unpaired) electrons. The van der Waals surface area contributed by atoms with E-state index in [9.17, 15) is 14.7 Å². The number of aliphatic hydroxyl groups is 1. The van der Waals surface area contributed by atoms with Crippen molar-refractivity contribution >= 4 is 40.6 Å². The third-order valence-electron chi connectivity index (χ3n) is 6.64. The van der Waals surface area contributed by atoms with E-state index >= 15 is 0 Å². The minimum Gasteiger partial charge on any atom is -0.392 e. The van der Waals surface area contributed by atoms with Crippen LogP contribution in [-0.4, -0.2) is 44.2 Å². The maximum absolute atomic E-state index is 12.5. The number of thioether (sulfide) groups is 1. The standard InChI is InChI=1S/C29H36N4O6S2/c1-19-31-32-29(41-19)40-18-24-16-25(21-13-11-20(17-34)12-14-21)39-28(38-24)22-7-6-8-23(15-22)30-26(35)9-4-2-3-5-10-27(36)33-37/h6-8,11-15,24-25,28,34,37H,2-5,9-10,16-18H2,1H3,(H,30,35)(H,33,36). The summed E-state index contributed by atoms with van der Waals surface area (Å²) in [6, 6.07) is 15.3. The van der Waals surface area contributed by atoms with E-state index in [-0.39, 0.29) is 31.1 Å². The van der Waals surface area contributed by atoms with Crippen LogP contribution in [0.5, 0.6) is 0 Å². The highest BCUT2D eigenvalue weighted by Crippen LogP contribution is 2.40. The van der Waals surface area contributed by atoms with E-state index in [0.29, 0.717) is 37.1 Å². The first-order valence-electron chi connectivity index (χ1n) is 13.7. The van der Waals surface area contributed by atoms with Gasteiger partial charge >= 0.3 is 0 Å². The molecule has 12 heteroatoms. The Balaban J connectivity index is 1.37. The zero-order valence-electron chi connectivity index (χ0n) is 23.0. The van der Waals surface area contributed by atoms with E-state index < -0.39 is 12.2 Å². The number of nitrogens with zero attached hydrogens (tertiary/aromatic N) is 2. The molecule has 41 heavy (non-hydrogen) atoms. The molecule has 4 N–H and O–H groups in total. The lowest BCUT2D eigenvalue weighted by Gasteiger charge is -2.36. The smallest absolute Gasteiger partial charge is 0.243 e. The zero-order valence-corrected chi connectivity index (χ0v) is 24.6. The van der Waals surface area contributed by atoms with Crippen LogP contribution in [0.2, 0.25) is 0 Å². The highest BCUT2D eigenvalue weighted by molar-refractivity contribution is 8.01. The van der Waals surface area contributed by atoms with Gasteiger partial charge in [-0.2, -0.15) is 0 Å². The predicted molar refractivity (Wildman–Crippen MR) is 156 cm³/mol. The van der Waals surface area contributed by atoms with Crippen molar-refractivity contribution in [3.05, 3.63) is 70.2 Å². The summed E-state index contributed by atoms with van der Waals surface area (Å²) in [7, 11) is 0. The monoisotopic (exact) mass is 600 g/mol. The van der Waals surface area contributed by atoms with Crippen LogP contribution in [0.4, 0.5) is 5.69 Å². The summed E-state index contributed by atoms with van der Waals surface area (Å²) in [4.78, 5) is 23.6. The number of hydrogen-bond donors (Lipinski definition) is 4. The molecule has 0 spiro atoms. The fraction of sp³-hybridized carbons (Fsp3) is 0.448. The number of hydrogen-bond acceptors (Lipinski definition) is 10. The highest BCUT2D eigenvalue weighted by Gasteiger charge is 2.32. The zero-order chi connectivity index (χ0) is 29.0. The number of aromatic nitrogens is 2. The Hall–Kier alpha value is -2.87. The van der Waals surface area contributed by atoms with E-state index in [0.717, 1.165) is 38.9 Å². The van der Waals surface area contributed by atoms with Crippen molar-refractivity contribution in [2.75, 3.05) is 11.1 Å². The van der Waals surface area contributed by atoms with Gasteiger partial charge in [0.25, 0.3) is 0 Å². The molecule has 4 rings (SSSR count). The van der Waals surface area contributed by atoms with Crippen molar-refractivity contribution in [1.82, 2.24) is 15.7 Å². The number of hydroxylamine groups is 1. The number of ether oxygens (including phenoxy) is 2. The molecule has 2 amide bonds. The molecule has 0 bridgehead atoms. The number of carbonyl (C=O) groups is 2. The Labute approximate surface area is 247 Å². The lowest BCUT2D eigenvalue weighted by Crippen LogP contribution is -2.31. The van der Waals surface area contributed by atoms with Crippen LogP contribution < -0.4 is 10.8 Å². The Bertz CT molecular complexity index is 1270. The van der Waals surface area contributed by atoms with Crippen LogP contribution in [0.3, 0.4) is 0 Å². The molecule has 10 nitrogen and oxygen atoms in total. The van der Waals surface area contributed by atoms with Crippen molar-refractivity contribution in [3.63, 3.8) is 0 Å². The van der Waals surface area contributed by atoms with E-state index in [1.165, 1.54) is 0 Å². The summed E-state index contributed by atoms with van der Waals surface area (Å²) in [6.07, 6.45) is 3.41. The third kappa shape index (κ3) is 9.87. The SMILES string of the molecule is Cc1nnc(SCC2CC(c3ccc(CO)cc3)OC(c3cccc(NC(=O)CCCCCCC(=O)NO)c3)O2)s1. The van der Waals surface area contributed by atoms with E-state index in [4.69, 9.17) is 14.7 Å². The second-order valence-electron chi connectivity index (χ2n) is 9.87. The molecule has 0 aliphatic carbocycles. The van der Waals surface area contributed by atoms with Crippen LogP contribution in [0.15, 0.2) is 52.9 Å². The molecule has 220 valence electrons. The van der Waals surface area contributed by atoms with Crippen molar-refractivity contribution < 1.29 is 29.4 Å². The minimum absolute atomic E-state index is 0.0140. The number of benzene rings is 2. The van der Waals surface area contributed by atoms with E-state index in [1.54, 1.807) is 28.6 Å². The first-order chi connectivity index (χ1) is 19.9. The van der Waals surface area contributed by atoms with Gasteiger partial charge in [-0.1, -0.05) is 72.3 Å². The molecule has 2 aromatic carbocycles. The Kier molecular flexibility index (Phi) is 12.1. The Morgan fingerprint density at radius 1 is 1.00 bits per heavy atom. The summed E-state index contributed by atoms with van der Waals surface area (Å²) < 4.78 is 13.7. The molecule has 1 aliphatic rings. The number of aryl methyl sites for hydroxylation is 1. The summed E-state index contributed by atoms with van der Waals surface area (Å²) >= 11 is 3.18. The van der Waals surface area contributed by atoms with Crippen LogP contribution in [-0.2, 0) is 25.7 Å². The topological polar surface area (TPSA) is 143 Å². The Morgan fingerprint density at radius 3 is 2.44 bits per heavy atom. The number of unbranched alkanes of at least 4 members (excludes halogenated alkanes) is 3. The molecule has 1 saturated heterocycles. The Morgan fingerprint density at radius 2 is 1.76 bits per heavy atom. The highest BCUT2D eigenvalue weighted by atomic mass is 32.2. The molecule has 3 aromatic rings. The normalized spacial score (nSPS) is 18.7. The molecule has 1 aliphatic heterocycles. The molecule has 0 saturated carbocycles. The summed E-state index contributed by atoms with van der Waals surface area (Å²) in [5.74, 6) is 0.224. The maximum atomic E-state index is 12.5. The fourth-order valence-electron chi connectivity index (χ4n) is 4.49. The second-order valence-corrected chi connectivity index (χ2v) is 12.3. The quantitative estimate of drug-likeness (QED) is 0.0821. The van der Waals surface area contributed by atoms with E-state index in [1.807, 2.05) is 55.5 Å². The van der Waals surface area contributed by atoms with Crippen molar-refractivity contribution in [2.45, 2.75) is 81.3 Å². The van der Waals surface area contributed by atoms with Gasteiger partial charge in [-0.25, -0.2) is 5.48 Å². The number of nitrogens with one attached hydrogen (secondary N) is 2. The molecular formula is C29H36N4O6S2. The van der Waals surface area contributed by atoms with Gasteiger partial charge in [0.05, 0.1) is 18.8 Å². The van der Waals surface area contributed by atoms with Gasteiger partial charge in [0.1, 0.15) is 5.01 Å². The van der Waals surface area contributed by atoms with Gasteiger partial charge in [-0.3, -0.25) is 14.8 Å². The van der Waals surface area contributed by atoms with Gasteiger partial charge in [0.15, 0.2) is 10.6 Å². The molecule has 3 atom stereocenters. The van der Waals surface area contributed by atoms with Crippen LogP contribution in [0.1, 0.15) is 79.0 Å². The molecule has 1 aromatic heterocycles. The van der Waals surface area contributed by atoms with Crippen LogP contribution >= 0.6 is 23.1 Å². The lowest BCUT2D eigenvalue weighted by molar-refractivity contribution is -0.245. The number of rotatable bonds is 14. The summed E-state index contributed by atoms with van der Waals surface area (Å²) in [6.45, 7) is 1.92. The summed E-state index contributed by atoms with van der Waals surface area (Å²) in [5, 5.41) is 30.2. The summed E-state index contributed by atoms with van der Waals surface area (Å²) in [5.41, 5.74) is 4.96. The molecule has 2 heterocycles. The minimum atomic E-state index is -0.624. The average Bonchev–Trinajstić information content (AvgIpc) is 3.42. The predicted octanol–water partition coefficient (Wildman–Crippen LogP) is 5.46. The van der Waals surface area contributed by atoms with Gasteiger partial charge in [-0.15, -0.1) is 10.2 Å². The third-order valence-corrected chi connectivity index (χ3v) is 8.74. The van der Waals surface area contributed by atoms with Crippen LogP contribution in [0, 0.1) is 6.92 Å². The number of aliphatic hydroxyl groups excluding tert-OH is 1. The number of carbonyl (C=O) groups excluding carboxylic acids is 2. The average molecular weight is 601 g/mol. The van der Waals surface area contributed by atoms with Crippen LogP contribution in [0.25, 0.3) is 0 Å². The van der Waals surface area contributed by atoms with Gasteiger partial charge in [0.2, 0.25) is 11.8 Å². The van der Waals surface area contributed by atoms with Crippen molar-refractivity contribution in [1.29, 1.82) is 0 Å². The van der Waals surface area contributed by atoms with Crippen molar-refractivity contribution in [3.8, 4) is 0 Å². The second kappa shape index (κ2) is 15.9. The largest absolute Gasteiger partial charge is 0.392 e. The van der Waals surface area contributed by atoms with Gasteiger partial charge in [-0.05, 0) is 43.0 Å². The first-order valence-corrected chi connectivity index (χ1v) is 15.5. The fourth-order valence-corrected chi connectivity index (χ4v) is 6.35. The first kappa shape index (κ1) is 31.1. The van der Waals surface area contributed by atoms with Gasteiger partial charge < -0.3 is 19.9 Å².